The minimum atomic E-state index is 0. The summed E-state index contributed by atoms with van der Waals surface area (Å²) < 4.78 is 0.943. The molecule has 3 nitrogen and oxygen atoms in total. The molecule has 19 heavy (non-hydrogen) atoms. The maximum atomic E-state index is 12.1. The van der Waals surface area contributed by atoms with Crippen molar-refractivity contribution in [1.82, 2.24) is 5.32 Å². The fraction of sp³-hybridized carbons (Fsp3) is 0.500. The van der Waals surface area contributed by atoms with Gasteiger partial charge in [-0.1, -0.05) is 15.9 Å². The van der Waals surface area contributed by atoms with Gasteiger partial charge in [0.1, 0.15) is 0 Å². The van der Waals surface area contributed by atoms with E-state index in [1.807, 2.05) is 25.1 Å². The third kappa shape index (κ3) is 4.79. The summed E-state index contributed by atoms with van der Waals surface area (Å²) in [6, 6.07) is 6.35. The Hall–Kier alpha value is -0.580. The topological polar surface area (TPSA) is 55.1 Å². The monoisotopic (exact) mass is 346 g/mol. The van der Waals surface area contributed by atoms with Crippen molar-refractivity contribution in [2.75, 3.05) is 0 Å². The summed E-state index contributed by atoms with van der Waals surface area (Å²) in [6.07, 6.45) is 3.98. The molecule has 1 aliphatic rings. The van der Waals surface area contributed by atoms with Gasteiger partial charge in [-0.25, -0.2) is 0 Å². The molecule has 0 atom stereocenters. The number of rotatable bonds is 2. The molecule has 1 aliphatic carbocycles. The first-order valence-electron chi connectivity index (χ1n) is 6.38. The van der Waals surface area contributed by atoms with Crippen molar-refractivity contribution in [3.63, 3.8) is 0 Å². The second-order valence-electron chi connectivity index (χ2n) is 5.10. The fourth-order valence-corrected chi connectivity index (χ4v) is 3.01. The number of benzene rings is 1. The molecule has 1 aromatic rings. The van der Waals surface area contributed by atoms with Gasteiger partial charge >= 0.3 is 0 Å². The van der Waals surface area contributed by atoms with Gasteiger partial charge in [0.15, 0.2) is 0 Å². The molecule has 1 fully saturated rings. The Labute approximate surface area is 128 Å². The molecule has 1 amide bonds. The minimum absolute atomic E-state index is 0. The van der Waals surface area contributed by atoms with Crippen LogP contribution in [0.2, 0.25) is 0 Å². The molecule has 0 aliphatic heterocycles. The van der Waals surface area contributed by atoms with Crippen molar-refractivity contribution >= 4 is 34.2 Å². The summed E-state index contributed by atoms with van der Waals surface area (Å²) >= 11 is 3.42. The molecular formula is C14H20BrClN2O. The Morgan fingerprint density at radius 3 is 2.47 bits per heavy atom. The average molecular weight is 348 g/mol. The van der Waals surface area contributed by atoms with Crippen molar-refractivity contribution in [2.24, 2.45) is 5.73 Å². The van der Waals surface area contributed by atoms with Crippen LogP contribution in [0.25, 0.3) is 0 Å². The normalized spacial score (nSPS) is 22.5. The zero-order valence-electron chi connectivity index (χ0n) is 11.0. The van der Waals surface area contributed by atoms with Crippen LogP contribution in [0.15, 0.2) is 22.7 Å². The predicted molar refractivity (Wildman–Crippen MR) is 83.8 cm³/mol. The van der Waals surface area contributed by atoms with Gasteiger partial charge in [0.25, 0.3) is 5.91 Å². The van der Waals surface area contributed by atoms with Crippen LogP contribution in [0.5, 0.6) is 0 Å². The Bertz CT molecular complexity index is 425. The molecule has 0 bridgehead atoms. The fourth-order valence-electron chi connectivity index (χ4n) is 2.40. The molecule has 106 valence electrons. The zero-order chi connectivity index (χ0) is 13.1. The highest BCUT2D eigenvalue weighted by Gasteiger charge is 2.20. The van der Waals surface area contributed by atoms with E-state index in [0.29, 0.717) is 6.04 Å². The van der Waals surface area contributed by atoms with E-state index in [0.717, 1.165) is 41.3 Å². The number of hydrogen-bond acceptors (Lipinski definition) is 2. The average Bonchev–Trinajstić information content (AvgIpc) is 2.31. The minimum Gasteiger partial charge on any atom is -0.349 e. The molecule has 5 heteroatoms. The summed E-state index contributed by atoms with van der Waals surface area (Å²) in [5, 5.41) is 3.09. The highest BCUT2D eigenvalue weighted by Crippen LogP contribution is 2.19. The molecule has 2 rings (SSSR count). The van der Waals surface area contributed by atoms with Crippen molar-refractivity contribution < 1.29 is 4.79 Å². The lowest BCUT2D eigenvalue weighted by atomic mass is 9.91. The van der Waals surface area contributed by atoms with Crippen LogP contribution in [0.1, 0.15) is 41.6 Å². The first-order valence-corrected chi connectivity index (χ1v) is 7.17. The number of aryl methyl sites for hydroxylation is 1. The Morgan fingerprint density at radius 2 is 1.89 bits per heavy atom. The van der Waals surface area contributed by atoms with Crippen LogP contribution in [0, 0.1) is 6.92 Å². The number of amides is 1. The van der Waals surface area contributed by atoms with Crippen molar-refractivity contribution in [3.05, 3.63) is 33.8 Å². The van der Waals surface area contributed by atoms with Crippen LogP contribution in [-0.2, 0) is 0 Å². The maximum absolute atomic E-state index is 12.1. The number of hydrogen-bond donors (Lipinski definition) is 2. The second-order valence-corrected chi connectivity index (χ2v) is 6.02. The molecule has 0 radical (unpaired) electrons. The third-order valence-corrected chi connectivity index (χ3v) is 3.87. The third-order valence-electron chi connectivity index (χ3n) is 3.41. The van der Waals surface area contributed by atoms with Gasteiger partial charge in [-0.2, -0.15) is 0 Å². The van der Waals surface area contributed by atoms with E-state index in [4.69, 9.17) is 5.73 Å². The zero-order valence-corrected chi connectivity index (χ0v) is 13.4. The van der Waals surface area contributed by atoms with Gasteiger partial charge in [-0.3, -0.25) is 4.79 Å². The first-order chi connectivity index (χ1) is 8.54. The largest absolute Gasteiger partial charge is 0.349 e. The first kappa shape index (κ1) is 16.5. The molecule has 0 aromatic heterocycles. The molecule has 0 spiro atoms. The lowest BCUT2D eigenvalue weighted by Gasteiger charge is -2.26. The van der Waals surface area contributed by atoms with E-state index in [-0.39, 0.29) is 24.4 Å². The molecule has 1 saturated carbocycles. The second kappa shape index (κ2) is 7.27. The van der Waals surface area contributed by atoms with Gasteiger partial charge in [0.2, 0.25) is 0 Å². The predicted octanol–water partition coefficient (Wildman–Crippen LogP) is 3.18. The summed E-state index contributed by atoms with van der Waals surface area (Å²) in [7, 11) is 0. The number of nitrogens with one attached hydrogen (secondary N) is 1. The summed E-state index contributed by atoms with van der Waals surface area (Å²) in [5.74, 6) is 0.0138. The molecular weight excluding hydrogens is 328 g/mol. The van der Waals surface area contributed by atoms with Crippen LogP contribution < -0.4 is 11.1 Å². The lowest BCUT2D eigenvalue weighted by molar-refractivity contribution is 0.0925. The summed E-state index contributed by atoms with van der Waals surface area (Å²) in [5.41, 5.74) is 7.66. The molecule has 1 aromatic carbocycles. The number of halogens is 2. The van der Waals surface area contributed by atoms with E-state index in [1.165, 1.54) is 0 Å². The van der Waals surface area contributed by atoms with Gasteiger partial charge in [0, 0.05) is 22.1 Å². The van der Waals surface area contributed by atoms with E-state index >= 15 is 0 Å². The van der Waals surface area contributed by atoms with Gasteiger partial charge in [-0.15, -0.1) is 12.4 Å². The van der Waals surface area contributed by atoms with E-state index in [9.17, 15) is 4.79 Å². The van der Waals surface area contributed by atoms with Gasteiger partial charge in [-0.05, 0) is 56.4 Å². The SMILES string of the molecule is Cc1cc(Br)cc(C(=O)NC2CCC(N)CC2)c1.Cl. The van der Waals surface area contributed by atoms with Crippen LogP contribution in [0.4, 0.5) is 0 Å². The summed E-state index contributed by atoms with van der Waals surface area (Å²) in [4.78, 5) is 12.1. The highest BCUT2D eigenvalue weighted by atomic mass is 79.9. The molecule has 3 N–H and O–H groups in total. The maximum Gasteiger partial charge on any atom is 0.251 e. The van der Waals surface area contributed by atoms with Crippen LogP contribution >= 0.6 is 28.3 Å². The van der Waals surface area contributed by atoms with E-state index in [2.05, 4.69) is 21.2 Å². The van der Waals surface area contributed by atoms with E-state index < -0.39 is 0 Å². The smallest absolute Gasteiger partial charge is 0.251 e. The van der Waals surface area contributed by atoms with Crippen LogP contribution in [-0.4, -0.2) is 18.0 Å². The standard InChI is InChI=1S/C14H19BrN2O.ClH/c1-9-6-10(8-11(15)7-9)14(18)17-13-4-2-12(16)3-5-13;/h6-8,12-13H,2-5,16H2,1H3,(H,17,18);1H. The Balaban J connectivity index is 0.00000180. The highest BCUT2D eigenvalue weighted by molar-refractivity contribution is 9.10. The molecule has 0 saturated heterocycles. The number of carbonyl (C=O) groups is 1. The molecule has 0 unspecified atom stereocenters. The van der Waals surface area contributed by atoms with Crippen LogP contribution in [0.3, 0.4) is 0 Å². The summed E-state index contributed by atoms with van der Waals surface area (Å²) in [6.45, 7) is 1.99. The van der Waals surface area contributed by atoms with Crippen molar-refractivity contribution in [2.45, 2.75) is 44.7 Å². The molecule has 0 heterocycles. The number of carbonyl (C=O) groups excluding carboxylic acids is 1. The Kier molecular flexibility index (Phi) is 6.30. The van der Waals surface area contributed by atoms with Crippen molar-refractivity contribution in [1.29, 1.82) is 0 Å². The van der Waals surface area contributed by atoms with Crippen molar-refractivity contribution in [3.8, 4) is 0 Å². The van der Waals surface area contributed by atoms with Gasteiger partial charge < -0.3 is 11.1 Å². The quantitative estimate of drug-likeness (QED) is 0.863. The number of nitrogens with two attached hydrogens (primary N) is 1. The van der Waals surface area contributed by atoms with Gasteiger partial charge in [0.05, 0.1) is 0 Å². The Morgan fingerprint density at radius 1 is 1.26 bits per heavy atom. The lowest BCUT2D eigenvalue weighted by Crippen LogP contribution is -2.40. The van der Waals surface area contributed by atoms with E-state index in [1.54, 1.807) is 0 Å².